The fraction of sp³-hybridized carbons (Fsp3) is 0.500. The Morgan fingerprint density at radius 3 is 2.75 bits per heavy atom. The molecule has 0 heterocycles. The molecular weight excluding hydrogens is 152 g/mol. The standard InChI is InChI=1S/C10H14O2/c1-8(6-7-11)9-2-4-10(12)5-3-9/h2,4,11H,3,5-7H2,1H3/b9-8-. The van der Waals surface area contributed by atoms with Crippen LogP contribution >= 0.6 is 0 Å². The van der Waals surface area contributed by atoms with Crippen molar-refractivity contribution in [3.05, 3.63) is 23.3 Å². The summed E-state index contributed by atoms with van der Waals surface area (Å²) in [6, 6.07) is 0. The van der Waals surface area contributed by atoms with Crippen molar-refractivity contribution in [1.82, 2.24) is 0 Å². The SMILES string of the molecule is C/C(CCO)=C1\C=CC(=O)CC1. The predicted octanol–water partition coefficient (Wildman–Crippen LogP) is 1.60. The lowest BCUT2D eigenvalue weighted by Gasteiger charge is -2.10. The molecule has 0 saturated carbocycles. The second-order valence-electron chi connectivity index (χ2n) is 3.08. The first kappa shape index (κ1) is 9.20. The van der Waals surface area contributed by atoms with Crippen LogP contribution in [0.15, 0.2) is 23.3 Å². The van der Waals surface area contributed by atoms with Gasteiger partial charge in [0.25, 0.3) is 0 Å². The van der Waals surface area contributed by atoms with Crippen LogP contribution < -0.4 is 0 Å². The van der Waals surface area contributed by atoms with E-state index in [2.05, 4.69) is 0 Å². The Morgan fingerprint density at radius 1 is 1.50 bits per heavy atom. The summed E-state index contributed by atoms with van der Waals surface area (Å²) in [5.74, 6) is 0.204. The third-order valence-corrected chi connectivity index (χ3v) is 2.15. The van der Waals surface area contributed by atoms with Crippen LogP contribution in [0.1, 0.15) is 26.2 Å². The molecule has 0 saturated heterocycles. The molecule has 0 unspecified atom stereocenters. The third-order valence-electron chi connectivity index (χ3n) is 2.15. The molecule has 0 atom stereocenters. The molecule has 0 bridgehead atoms. The summed E-state index contributed by atoms with van der Waals surface area (Å²) in [6.45, 7) is 2.20. The topological polar surface area (TPSA) is 37.3 Å². The number of aliphatic hydroxyl groups excluding tert-OH is 1. The fourth-order valence-corrected chi connectivity index (χ4v) is 1.30. The van der Waals surface area contributed by atoms with Crippen molar-refractivity contribution >= 4 is 5.78 Å². The Bertz CT molecular complexity index is 236. The van der Waals surface area contributed by atoms with E-state index in [9.17, 15) is 4.79 Å². The number of aliphatic hydroxyl groups is 1. The van der Waals surface area contributed by atoms with Crippen LogP contribution in [0.25, 0.3) is 0 Å². The minimum atomic E-state index is 0.192. The van der Waals surface area contributed by atoms with Gasteiger partial charge in [-0.05, 0) is 31.4 Å². The maximum absolute atomic E-state index is 10.8. The average Bonchev–Trinajstić information content (AvgIpc) is 2.06. The molecule has 1 rings (SSSR count). The van der Waals surface area contributed by atoms with Gasteiger partial charge in [-0.2, -0.15) is 0 Å². The quantitative estimate of drug-likeness (QED) is 0.676. The Balaban J connectivity index is 2.69. The fourth-order valence-electron chi connectivity index (χ4n) is 1.30. The highest BCUT2D eigenvalue weighted by Crippen LogP contribution is 2.19. The van der Waals surface area contributed by atoms with Crippen molar-refractivity contribution in [2.75, 3.05) is 6.61 Å². The Morgan fingerprint density at radius 2 is 2.25 bits per heavy atom. The predicted molar refractivity (Wildman–Crippen MR) is 47.8 cm³/mol. The number of rotatable bonds is 2. The van der Waals surface area contributed by atoms with Crippen molar-refractivity contribution in [3.63, 3.8) is 0 Å². The van der Waals surface area contributed by atoms with Crippen LogP contribution in [-0.4, -0.2) is 17.5 Å². The summed E-state index contributed by atoms with van der Waals surface area (Å²) in [5.41, 5.74) is 2.41. The van der Waals surface area contributed by atoms with Gasteiger partial charge in [0.05, 0.1) is 0 Å². The van der Waals surface area contributed by atoms with E-state index < -0.39 is 0 Å². The summed E-state index contributed by atoms with van der Waals surface area (Å²) < 4.78 is 0. The molecule has 0 aromatic heterocycles. The molecule has 0 spiro atoms. The molecule has 66 valence electrons. The van der Waals surface area contributed by atoms with Crippen molar-refractivity contribution in [2.45, 2.75) is 26.2 Å². The van der Waals surface area contributed by atoms with E-state index in [-0.39, 0.29) is 12.4 Å². The van der Waals surface area contributed by atoms with Crippen molar-refractivity contribution in [2.24, 2.45) is 0 Å². The highest BCUT2D eigenvalue weighted by Gasteiger charge is 2.07. The summed E-state index contributed by atoms with van der Waals surface area (Å²) in [4.78, 5) is 10.8. The maximum Gasteiger partial charge on any atom is 0.156 e. The van der Waals surface area contributed by atoms with Crippen LogP contribution in [-0.2, 0) is 4.79 Å². The lowest BCUT2D eigenvalue weighted by molar-refractivity contribution is -0.114. The Hall–Kier alpha value is -0.890. The van der Waals surface area contributed by atoms with Crippen molar-refractivity contribution in [3.8, 4) is 0 Å². The summed E-state index contributed by atoms with van der Waals surface area (Å²) in [7, 11) is 0. The van der Waals surface area contributed by atoms with Crippen LogP contribution in [0, 0.1) is 0 Å². The normalized spacial score (nSPS) is 21.3. The number of carbonyl (C=O) groups excluding carboxylic acids is 1. The minimum absolute atomic E-state index is 0.192. The van der Waals surface area contributed by atoms with Gasteiger partial charge in [-0.1, -0.05) is 11.6 Å². The van der Waals surface area contributed by atoms with Gasteiger partial charge >= 0.3 is 0 Å². The molecule has 2 heteroatoms. The average molecular weight is 166 g/mol. The largest absolute Gasteiger partial charge is 0.396 e. The molecule has 0 amide bonds. The van der Waals surface area contributed by atoms with E-state index in [4.69, 9.17) is 5.11 Å². The molecule has 1 aliphatic rings. The monoisotopic (exact) mass is 166 g/mol. The maximum atomic E-state index is 10.8. The first-order chi connectivity index (χ1) is 5.74. The van der Waals surface area contributed by atoms with E-state index in [1.807, 2.05) is 13.0 Å². The van der Waals surface area contributed by atoms with E-state index in [0.717, 1.165) is 6.42 Å². The molecule has 1 N–H and O–H groups in total. The summed E-state index contributed by atoms with van der Waals surface area (Å²) >= 11 is 0. The number of carbonyl (C=O) groups is 1. The highest BCUT2D eigenvalue weighted by molar-refractivity contribution is 5.91. The van der Waals surface area contributed by atoms with Crippen molar-refractivity contribution in [1.29, 1.82) is 0 Å². The number of ketones is 1. The van der Waals surface area contributed by atoms with Gasteiger partial charge in [0.2, 0.25) is 0 Å². The molecule has 12 heavy (non-hydrogen) atoms. The van der Waals surface area contributed by atoms with Gasteiger partial charge in [0, 0.05) is 13.0 Å². The Labute approximate surface area is 72.6 Å². The second kappa shape index (κ2) is 4.21. The van der Waals surface area contributed by atoms with Gasteiger partial charge in [0.1, 0.15) is 0 Å². The summed E-state index contributed by atoms with van der Waals surface area (Å²) in [6.07, 6.45) is 5.67. The first-order valence-corrected chi connectivity index (χ1v) is 4.24. The van der Waals surface area contributed by atoms with Crippen LogP contribution in [0.3, 0.4) is 0 Å². The van der Waals surface area contributed by atoms with Gasteiger partial charge in [-0.15, -0.1) is 0 Å². The molecule has 0 aliphatic heterocycles. The molecule has 0 aromatic carbocycles. The molecular formula is C10H14O2. The van der Waals surface area contributed by atoms with Crippen LogP contribution in [0.4, 0.5) is 0 Å². The van der Waals surface area contributed by atoms with Crippen LogP contribution in [0.2, 0.25) is 0 Å². The first-order valence-electron chi connectivity index (χ1n) is 4.24. The van der Waals surface area contributed by atoms with E-state index >= 15 is 0 Å². The van der Waals surface area contributed by atoms with Gasteiger partial charge in [-0.25, -0.2) is 0 Å². The Kier molecular flexibility index (Phi) is 3.23. The summed E-state index contributed by atoms with van der Waals surface area (Å²) in [5, 5.41) is 8.69. The smallest absolute Gasteiger partial charge is 0.156 e. The van der Waals surface area contributed by atoms with Crippen LogP contribution in [0.5, 0.6) is 0 Å². The zero-order valence-electron chi connectivity index (χ0n) is 7.34. The number of allylic oxidation sites excluding steroid dienone is 3. The van der Waals surface area contributed by atoms with Gasteiger partial charge in [-0.3, -0.25) is 4.79 Å². The second-order valence-corrected chi connectivity index (χ2v) is 3.08. The van der Waals surface area contributed by atoms with E-state index in [0.29, 0.717) is 12.8 Å². The van der Waals surface area contributed by atoms with Gasteiger partial charge in [0.15, 0.2) is 5.78 Å². The highest BCUT2D eigenvalue weighted by atomic mass is 16.2. The third kappa shape index (κ3) is 2.31. The zero-order chi connectivity index (χ0) is 8.97. The number of hydrogen-bond acceptors (Lipinski definition) is 2. The zero-order valence-corrected chi connectivity index (χ0v) is 7.34. The minimum Gasteiger partial charge on any atom is -0.396 e. The lowest BCUT2D eigenvalue weighted by atomic mass is 9.96. The molecule has 0 radical (unpaired) electrons. The molecule has 0 aromatic rings. The molecule has 2 nitrogen and oxygen atoms in total. The van der Waals surface area contributed by atoms with E-state index in [1.165, 1.54) is 11.1 Å². The lowest BCUT2D eigenvalue weighted by Crippen LogP contribution is -2.01. The molecule has 1 aliphatic carbocycles. The van der Waals surface area contributed by atoms with Crippen molar-refractivity contribution < 1.29 is 9.90 Å². The van der Waals surface area contributed by atoms with E-state index in [1.54, 1.807) is 6.08 Å². The number of hydrogen-bond donors (Lipinski definition) is 1. The molecule has 0 fully saturated rings. The van der Waals surface area contributed by atoms with Gasteiger partial charge < -0.3 is 5.11 Å².